The Hall–Kier alpha value is -2.50. The first kappa shape index (κ1) is 14.9. The number of nitrogens with zero attached hydrogens (tertiary/aromatic N) is 3. The summed E-state index contributed by atoms with van der Waals surface area (Å²) in [6.07, 6.45) is 0. The maximum atomic E-state index is 11.0. The molecular formula is C15H20N4O2. The van der Waals surface area contributed by atoms with Gasteiger partial charge in [0.15, 0.2) is 0 Å². The number of hydrogen-bond donors (Lipinski definition) is 2. The average Bonchev–Trinajstić information content (AvgIpc) is 2.74. The first-order chi connectivity index (χ1) is 9.92. The second-order valence-corrected chi connectivity index (χ2v) is 4.99. The number of rotatable bonds is 5. The number of aryl methyl sites for hydroxylation is 2. The number of aromatic nitrogens is 2. The van der Waals surface area contributed by atoms with Crippen LogP contribution in [0.15, 0.2) is 24.3 Å². The summed E-state index contributed by atoms with van der Waals surface area (Å²) in [5.41, 5.74) is 9.56. The quantitative estimate of drug-likeness (QED) is 0.822. The molecule has 0 saturated heterocycles. The predicted molar refractivity (Wildman–Crippen MR) is 82.5 cm³/mol. The summed E-state index contributed by atoms with van der Waals surface area (Å²) >= 11 is 0. The van der Waals surface area contributed by atoms with Crippen LogP contribution >= 0.6 is 0 Å². The lowest BCUT2D eigenvalue weighted by Gasteiger charge is -2.24. The van der Waals surface area contributed by atoms with Gasteiger partial charge in [0.05, 0.1) is 34.9 Å². The highest BCUT2D eigenvalue weighted by atomic mass is 16.4. The van der Waals surface area contributed by atoms with Gasteiger partial charge in [0.2, 0.25) is 0 Å². The zero-order chi connectivity index (χ0) is 15.6. The first-order valence-corrected chi connectivity index (χ1v) is 6.79. The molecule has 0 fully saturated rings. The fraction of sp³-hybridized carbons (Fsp3) is 0.333. The number of carbonyl (C=O) groups is 1. The Balaban J connectivity index is 2.29. The van der Waals surface area contributed by atoms with Crippen LogP contribution < -0.4 is 10.6 Å². The minimum atomic E-state index is -0.974. The highest BCUT2D eigenvalue weighted by Crippen LogP contribution is 2.26. The largest absolute Gasteiger partial charge is 0.478 e. The van der Waals surface area contributed by atoms with E-state index in [9.17, 15) is 4.79 Å². The zero-order valence-corrected chi connectivity index (χ0v) is 12.5. The molecule has 0 spiro atoms. The molecule has 6 nitrogen and oxygen atoms in total. The van der Waals surface area contributed by atoms with Crippen molar-refractivity contribution in [1.29, 1.82) is 0 Å². The molecule has 0 aliphatic rings. The van der Waals surface area contributed by atoms with Gasteiger partial charge in [0, 0.05) is 13.6 Å². The van der Waals surface area contributed by atoms with Crippen molar-refractivity contribution in [3.05, 3.63) is 41.2 Å². The third kappa shape index (κ3) is 3.16. The van der Waals surface area contributed by atoms with E-state index in [0.29, 0.717) is 12.2 Å². The van der Waals surface area contributed by atoms with Gasteiger partial charge in [0.1, 0.15) is 0 Å². The minimum absolute atomic E-state index is 0.198. The van der Waals surface area contributed by atoms with E-state index < -0.39 is 5.97 Å². The summed E-state index contributed by atoms with van der Waals surface area (Å²) < 4.78 is 1.85. The molecule has 3 N–H and O–H groups in total. The van der Waals surface area contributed by atoms with Crippen LogP contribution in [0.4, 0.5) is 11.4 Å². The van der Waals surface area contributed by atoms with Crippen molar-refractivity contribution in [2.45, 2.75) is 20.4 Å². The van der Waals surface area contributed by atoms with Gasteiger partial charge < -0.3 is 15.7 Å². The van der Waals surface area contributed by atoms with Crippen molar-refractivity contribution >= 4 is 17.3 Å². The fourth-order valence-electron chi connectivity index (χ4n) is 2.35. The van der Waals surface area contributed by atoms with Gasteiger partial charge in [-0.3, -0.25) is 4.68 Å². The number of benzene rings is 1. The van der Waals surface area contributed by atoms with Crippen LogP contribution in [0.5, 0.6) is 0 Å². The zero-order valence-electron chi connectivity index (χ0n) is 12.5. The third-order valence-electron chi connectivity index (χ3n) is 3.45. The number of carboxylic acids is 1. The number of hydrogen-bond acceptors (Lipinski definition) is 4. The number of aromatic carboxylic acids is 1. The molecule has 0 atom stereocenters. The number of carboxylic acid groups (broad SMARTS) is 1. The first-order valence-electron chi connectivity index (χ1n) is 6.79. The van der Waals surface area contributed by atoms with E-state index in [1.54, 1.807) is 12.1 Å². The lowest BCUT2D eigenvalue weighted by atomic mass is 10.1. The molecule has 0 bridgehead atoms. The highest BCUT2D eigenvalue weighted by Gasteiger charge is 2.13. The topological polar surface area (TPSA) is 84.4 Å². The van der Waals surface area contributed by atoms with Crippen LogP contribution in [0.1, 0.15) is 28.7 Å². The van der Waals surface area contributed by atoms with Gasteiger partial charge >= 0.3 is 5.97 Å². The summed E-state index contributed by atoms with van der Waals surface area (Å²) in [5.74, 6) is -0.974. The van der Waals surface area contributed by atoms with E-state index in [1.165, 1.54) is 6.07 Å². The molecule has 1 aromatic heterocycles. The van der Waals surface area contributed by atoms with Crippen molar-refractivity contribution in [2.75, 3.05) is 17.2 Å². The standard InChI is InChI=1S/C15H20N4O2/c1-4-19(9-12-7-10(2)17-18(12)3)14-6-5-11(15(20)21)8-13(14)16/h5-8H,4,9,16H2,1-3H3,(H,20,21). The molecule has 2 aromatic rings. The van der Waals surface area contributed by atoms with E-state index in [-0.39, 0.29) is 5.56 Å². The number of anilines is 2. The van der Waals surface area contributed by atoms with Crippen molar-refractivity contribution in [1.82, 2.24) is 9.78 Å². The minimum Gasteiger partial charge on any atom is -0.478 e. The summed E-state index contributed by atoms with van der Waals surface area (Å²) in [6.45, 7) is 5.43. The summed E-state index contributed by atoms with van der Waals surface area (Å²) in [7, 11) is 1.91. The maximum Gasteiger partial charge on any atom is 0.335 e. The molecule has 0 radical (unpaired) electrons. The van der Waals surface area contributed by atoms with E-state index in [4.69, 9.17) is 10.8 Å². The lowest BCUT2D eigenvalue weighted by molar-refractivity contribution is 0.0697. The molecule has 112 valence electrons. The Kier molecular flexibility index (Phi) is 4.16. The second-order valence-electron chi connectivity index (χ2n) is 4.99. The molecule has 6 heteroatoms. The third-order valence-corrected chi connectivity index (χ3v) is 3.45. The normalized spacial score (nSPS) is 10.6. The monoisotopic (exact) mass is 288 g/mol. The fourth-order valence-corrected chi connectivity index (χ4v) is 2.35. The Labute approximate surface area is 123 Å². The van der Waals surface area contributed by atoms with Crippen LogP contribution in [0.2, 0.25) is 0 Å². The molecule has 1 heterocycles. The molecule has 0 unspecified atom stereocenters. The van der Waals surface area contributed by atoms with Gasteiger partial charge in [-0.1, -0.05) is 0 Å². The Bertz CT molecular complexity index is 664. The van der Waals surface area contributed by atoms with Gasteiger partial charge in [-0.05, 0) is 38.1 Å². The van der Waals surface area contributed by atoms with E-state index in [1.807, 2.05) is 31.6 Å². The van der Waals surface area contributed by atoms with E-state index >= 15 is 0 Å². The maximum absolute atomic E-state index is 11.0. The predicted octanol–water partition coefficient (Wildman–Crippen LogP) is 2.04. The van der Waals surface area contributed by atoms with E-state index in [0.717, 1.165) is 23.6 Å². The molecule has 1 aromatic carbocycles. The van der Waals surface area contributed by atoms with Crippen molar-refractivity contribution < 1.29 is 9.90 Å². The Morgan fingerprint density at radius 1 is 1.43 bits per heavy atom. The summed E-state index contributed by atoms with van der Waals surface area (Å²) in [6, 6.07) is 6.86. The van der Waals surface area contributed by atoms with Crippen LogP contribution in [0, 0.1) is 6.92 Å². The van der Waals surface area contributed by atoms with Crippen molar-refractivity contribution in [3.63, 3.8) is 0 Å². The Morgan fingerprint density at radius 2 is 2.14 bits per heavy atom. The van der Waals surface area contributed by atoms with Crippen LogP contribution in [0.3, 0.4) is 0 Å². The van der Waals surface area contributed by atoms with Gasteiger partial charge in [-0.15, -0.1) is 0 Å². The van der Waals surface area contributed by atoms with Crippen LogP contribution in [-0.2, 0) is 13.6 Å². The highest BCUT2D eigenvalue weighted by molar-refractivity contribution is 5.90. The lowest BCUT2D eigenvalue weighted by Crippen LogP contribution is -2.24. The Morgan fingerprint density at radius 3 is 2.62 bits per heavy atom. The van der Waals surface area contributed by atoms with Crippen molar-refractivity contribution in [3.8, 4) is 0 Å². The molecular weight excluding hydrogens is 268 g/mol. The summed E-state index contributed by atoms with van der Waals surface area (Å²) in [4.78, 5) is 13.1. The van der Waals surface area contributed by atoms with Crippen molar-refractivity contribution in [2.24, 2.45) is 7.05 Å². The van der Waals surface area contributed by atoms with Gasteiger partial charge in [-0.25, -0.2) is 4.79 Å². The van der Waals surface area contributed by atoms with Gasteiger partial charge in [-0.2, -0.15) is 5.10 Å². The smallest absolute Gasteiger partial charge is 0.335 e. The number of nitrogen functional groups attached to an aromatic ring is 1. The molecule has 2 rings (SSSR count). The van der Waals surface area contributed by atoms with Gasteiger partial charge in [0.25, 0.3) is 0 Å². The van der Waals surface area contributed by atoms with Crippen LogP contribution in [-0.4, -0.2) is 27.4 Å². The summed E-state index contributed by atoms with van der Waals surface area (Å²) in [5, 5.41) is 13.3. The number of nitrogens with two attached hydrogens (primary N) is 1. The SMILES string of the molecule is CCN(Cc1cc(C)nn1C)c1ccc(C(=O)O)cc1N. The molecule has 21 heavy (non-hydrogen) atoms. The average molecular weight is 288 g/mol. The molecule has 0 aliphatic carbocycles. The molecule has 0 saturated carbocycles. The van der Waals surface area contributed by atoms with E-state index in [2.05, 4.69) is 10.00 Å². The molecule has 0 amide bonds. The second kappa shape index (κ2) is 5.87. The van der Waals surface area contributed by atoms with Crippen LogP contribution in [0.25, 0.3) is 0 Å². The molecule has 0 aliphatic heterocycles.